The van der Waals surface area contributed by atoms with Gasteiger partial charge in [0.1, 0.15) is 0 Å². The number of aromatic amines is 1. The van der Waals surface area contributed by atoms with Gasteiger partial charge in [-0.15, -0.1) is 10.2 Å². The maximum absolute atomic E-state index is 4.59. The zero-order valence-electron chi connectivity index (χ0n) is 14.3. The molecule has 5 rings (SSSR count). The highest BCUT2D eigenvalue weighted by atomic mass is 15.5. The summed E-state index contributed by atoms with van der Waals surface area (Å²) in [6.07, 6.45) is 6.55. The maximum Gasteiger partial charge on any atom is 0.204 e. The number of nitrogens with one attached hydrogen (secondary N) is 1. The molecule has 6 nitrogen and oxygen atoms in total. The SMILES string of the molecule is c1ccc(-c2cc3c(n2-c2cccc(-c4nn[nH]n4)c2)CCCC3)nc1. The topological polar surface area (TPSA) is 72.3 Å². The first-order valence-corrected chi connectivity index (χ1v) is 8.89. The number of aryl methyl sites for hydroxylation is 1. The van der Waals surface area contributed by atoms with Crippen LogP contribution in [-0.2, 0) is 12.8 Å². The van der Waals surface area contributed by atoms with Crippen LogP contribution in [0.25, 0.3) is 28.5 Å². The number of pyridine rings is 1. The second kappa shape index (κ2) is 6.22. The molecular weight excluding hydrogens is 324 g/mol. The molecule has 0 saturated heterocycles. The van der Waals surface area contributed by atoms with E-state index in [4.69, 9.17) is 0 Å². The molecule has 3 heterocycles. The molecule has 1 aliphatic carbocycles. The fourth-order valence-electron chi connectivity index (χ4n) is 3.76. The molecule has 0 saturated carbocycles. The zero-order valence-corrected chi connectivity index (χ0v) is 14.3. The smallest absolute Gasteiger partial charge is 0.204 e. The summed E-state index contributed by atoms with van der Waals surface area (Å²) in [6, 6.07) is 16.7. The molecule has 3 aromatic heterocycles. The Morgan fingerprint density at radius 3 is 2.77 bits per heavy atom. The molecule has 0 fully saturated rings. The van der Waals surface area contributed by atoms with E-state index in [0.717, 1.165) is 35.5 Å². The quantitative estimate of drug-likeness (QED) is 0.617. The lowest BCUT2D eigenvalue weighted by Gasteiger charge is -2.17. The summed E-state index contributed by atoms with van der Waals surface area (Å²) in [4.78, 5) is 4.59. The van der Waals surface area contributed by atoms with Crippen molar-refractivity contribution in [1.82, 2.24) is 30.2 Å². The summed E-state index contributed by atoms with van der Waals surface area (Å²) in [7, 11) is 0. The minimum Gasteiger partial charge on any atom is -0.312 e. The molecule has 0 spiro atoms. The first-order chi connectivity index (χ1) is 12.9. The first-order valence-electron chi connectivity index (χ1n) is 8.89. The predicted molar refractivity (Wildman–Crippen MR) is 98.8 cm³/mol. The number of aromatic nitrogens is 6. The fourth-order valence-corrected chi connectivity index (χ4v) is 3.76. The summed E-state index contributed by atoms with van der Waals surface area (Å²) in [5.74, 6) is 0.604. The monoisotopic (exact) mass is 342 g/mol. The molecule has 1 aromatic carbocycles. The normalized spacial score (nSPS) is 13.5. The van der Waals surface area contributed by atoms with Crippen molar-refractivity contribution in [2.75, 3.05) is 0 Å². The van der Waals surface area contributed by atoms with Gasteiger partial charge in [0, 0.05) is 23.1 Å². The van der Waals surface area contributed by atoms with Crippen LogP contribution in [0.3, 0.4) is 0 Å². The van der Waals surface area contributed by atoms with Gasteiger partial charge in [-0.25, -0.2) is 0 Å². The fraction of sp³-hybridized carbons (Fsp3) is 0.200. The van der Waals surface area contributed by atoms with Crippen LogP contribution >= 0.6 is 0 Å². The summed E-state index contributed by atoms with van der Waals surface area (Å²) < 4.78 is 2.35. The third kappa shape index (κ3) is 2.50. The lowest BCUT2D eigenvalue weighted by Crippen LogP contribution is -2.08. The average molecular weight is 342 g/mol. The largest absolute Gasteiger partial charge is 0.312 e. The van der Waals surface area contributed by atoms with E-state index >= 15 is 0 Å². The molecule has 1 N–H and O–H groups in total. The molecule has 0 aliphatic heterocycles. The number of H-pyrrole nitrogens is 1. The second-order valence-corrected chi connectivity index (χ2v) is 6.54. The molecule has 0 atom stereocenters. The van der Waals surface area contributed by atoms with Crippen molar-refractivity contribution in [3.63, 3.8) is 0 Å². The maximum atomic E-state index is 4.59. The van der Waals surface area contributed by atoms with E-state index in [9.17, 15) is 0 Å². The Balaban J connectivity index is 1.71. The van der Waals surface area contributed by atoms with E-state index in [1.165, 1.54) is 24.1 Å². The number of hydrogen-bond acceptors (Lipinski definition) is 4. The van der Waals surface area contributed by atoms with Crippen molar-refractivity contribution < 1.29 is 0 Å². The standard InChI is InChI=1S/C20H18N6/c1-2-10-18-14(6-1)13-19(17-9-3-4-11-21-17)26(18)16-8-5-7-15(12-16)20-22-24-25-23-20/h3-5,7-9,11-13H,1-2,6,10H2,(H,22,23,24,25). The first kappa shape index (κ1) is 15.0. The molecule has 1 aliphatic rings. The second-order valence-electron chi connectivity index (χ2n) is 6.54. The Kier molecular flexibility index (Phi) is 3.59. The summed E-state index contributed by atoms with van der Waals surface area (Å²) >= 11 is 0. The zero-order chi connectivity index (χ0) is 17.3. The van der Waals surface area contributed by atoms with Crippen LogP contribution in [0.15, 0.2) is 54.7 Å². The summed E-state index contributed by atoms with van der Waals surface area (Å²) in [6.45, 7) is 0. The van der Waals surface area contributed by atoms with Gasteiger partial charge in [-0.3, -0.25) is 4.98 Å². The van der Waals surface area contributed by atoms with E-state index in [1.807, 2.05) is 30.5 Å². The Morgan fingerprint density at radius 2 is 1.92 bits per heavy atom. The van der Waals surface area contributed by atoms with Crippen molar-refractivity contribution in [1.29, 1.82) is 0 Å². The number of rotatable bonds is 3. The highest BCUT2D eigenvalue weighted by Gasteiger charge is 2.21. The molecule has 0 amide bonds. The van der Waals surface area contributed by atoms with Crippen LogP contribution in [-0.4, -0.2) is 30.2 Å². The van der Waals surface area contributed by atoms with Gasteiger partial charge in [-0.05, 0) is 66.8 Å². The van der Waals surface area contributed by atoms with Crippen LogP contribution < -0.4 is 0 Å². The van der Waals surface area contributed by atoms with Gasteiger partial charge >= 0.3 is 0 Å². The average Bonchev–Trinajstić information content (AvgIpc) is 3.37. The third-order valence-corrected chi connectivity index (χ3v) is 4.94. The van der Waals surface area contributed by atoms with Gasteiger partial charge in [0.2, 0.25) is 5.82 Å². The third-order valence-electron chi connectivity index (χ3n) is 4.94. The number of hydrogen-bond donors (Lipinski definition) is 1. The van der Waals surface area contributed by atoms with Crippen LogP contribution in [0.2, 0.25) is 0 Å². The lowest BCUT2D eigenvalue weighted by molar-refractivity contribution is 0.664. The van der Waals surface area contributed by atoms with E-state index in [-0.39, 0.29) is 0 Å². The number of fused-ring (bicyclic) bond motifs is 1. The molecule has 128 valence electrons. The predicted octanol–water partition coefficient (Wildman–Crippen LogP) is 3.60. The Bertz CT molecular complexity index is 1030. The van der Waals surface area contributed by atoms with Crippen LogP contribution in [0, 0.1) is 0 Å². The number of tetrazole rings is 1. The molecule has 0 radical (unpaired) electrons. The highest BCUT2D eigenvalue weighted by Crippen LogP contribution is 2.33. The van der Waals surface area contributed by atoms with Crippen molar-refractivity contribution >= 4 is 0 Å². The van der Waals surface area contributed by atoms with Gasteiger partial charge in [0.25, 0.3) is 0 Å². The Hall–Kier alpha value is -3.28. The van der Waals surface area contributed by atoms with Crippen molar-refractivity contribution in [3.8, 4) is 28.5 Å². The van der Waals surface area contributed by atoms with Gasteiger partial charge in [-0.2, -0.15) is 5.21 Å². The van der Waals surface area contributed by atoms with E-state index in [0.29, 0.717) is 5.82 Å². The van der Waals surface area contributed by atoms with Crippen molar-refractivity contribution in [2.24, 2.45) is 0 Å². The molecule has 26 heavy (non-hydrogen) atoms. The van der Waals surface area contributed by atoms with Gasteiger partial charge < -0.3 is 4.57 Å². The Labute approximate surface area is 150 Å². The molecule has 4 aromatic rings. The highest BCUT2D eigenvalue weighted by molar-refractivity contribution is 5.66. The van der Waals surface area contributed by atoms with Crippen LogP contribution in [0.1, 0.15) is 24.1 Å². The molecule has 6 heteroatoms. The van der Waals surface area contributed by atoms with Crippen molar-refractivity contribution in [3.05, 3.63) is 66.0 Å². The van der Waals surface area contributed by atoms with Crippen molar-refractivity contribution in [2.45, 2.75) is 25.7 Å². The molecular formula is C20H18N6. The Morgan fingerprint density at radius 1 is 0.962 bits per heavy atom. The van der Waals surface area contributed by atoms with E-state index < -0.39 is 0 Å². The number of benzene rings is 1. The summed E-state index contributed by atoms with van der Waals surface area (Å²) in [5, 5.41) is 14.4. The van der Waals surface area contributed by atoms with Gasteiger partial charge in [-0.1, -0.05) is 18.2 Å². The molecule has 0 unspecified atom stereocenters. The lowest BCUT2D eigenvalue weighted by atomic mass is 9.98. The summed E-state index contributed by atoms with van der Waals surface area (Å²) in [5.41, 5.74) is 7.01. The minimum absolute atomic E-state index is 0.604. The van der Waals surface area contributed by atoms with Gasteiger partial charge in [0.15, 0.2) is 0 Å². The van der Waals surface area contributed by atoms with E-state index in [2.05, 4.69) is 54.4 Å². The number of nitrogens with zero attached hydrogens (tertiary/aromatic N) is 5. The minimum atomic E-state index is 0.604. The molecule has 0 bridgehead atoms. The van der Waals surface area contributed by atoms with Crippen LogP contribution in [0.5, 0.6) is 0 Å². The van der Waals surface area contributed by atoms with Crippen LogP contribution in [0.4, 0.5) is 0 Å². The van der Waals surface area contributed by atoms with E-state index in [1.54, 1.807) is 0 Å². The van der Waals surface area contributed by atoms with Gasteiger partial charge in [0.05, 0.1) is 11.4 Å².